The number of nitrogen functional groups attached to an aromatic ring is 1. The second-order valence-electron chi connectivity index (χ2n) is 8.29. The highest BCUT2D eigenvalue weighted by Gasteiger charge is 2.29. The maximum atomic E-state index is 12.9. The molecule has 0 saturated carbocycles. The number of aromatic nitrogens is 4. The standard InChI is InChI=1S/C24H21BrN6OS/c25-21-16(7-12-33-21)24(32)30-9-5-14(6-10-30)23-29-19(20-22(26)27-8-11-31(20)23)18-13-15-3-1-2-4-17(15)28-18/h1-4,7-8,11-14,28H,5-6,9-10H2,(H2,26,27). The summed E-state index contributed by atoms with van der Waals surface area (Å²) in [6.45, 7) is 1.39. The summed E-state index contributed by atoms with van der Waals surface area (Å²) < 4.78 is 2.96. The summed E-state index contributed by atoms with van der Waals surface area (Å²) in [4.78, 5) is 27.7. The van der Waals surface area contributed by atoms with Crippen LogP contribution in [-0.2, 0) is 0 Å². The third kappa shape index (κ3) is 3.43. The van der Waals surface area contributed by atoms with Crippen molar-refractivity contribution in [3.05, 3.63) is 69.3 Å². The first-order chi connectivity index (χ1) is 16.1. The number of hydrogen-bond acceptors (Lipinski definition) is 5. The number of rotatable bonds is 3. The van der Waals surface area contributed by atoms with E-state index in [0.29, 0.717) is 18.9 Å². The maximum Gasteiger partial charge on any atom is 0.255 e. The van der Waals surface area contributed by atoms with E-state index in [1.165, 1.54) is 11.3 Å². The molecule has 1 aromatic carbocycles. The van der Waals surface area contributed by atoms with Gasteiger partial charge in [0.05, 0.1) is 15.0 Å². The SMILES string of the molecule is Nc1nccn2c(C3CCN(C(=O)c4ccsc4Br)CC3)nc(-c3cc4ccccc4[nH]3)c12. The zero-order chi connectivity index (χ0) is 22.5. The molecule has 1 aliphatic heterocycles. The van der Waals surface area contributed by atoms with E-state index in [0.717, 1.165) is 55.8 Å². The van der Waals surface area contributed by atoms with Crippen molar-refractivity contribution >= 4 is 55.4 Å². The third-order valence-corrected chi connectivity index (χ3v) is 8.08. The fourth-order valence-electron chi connectivity index (χ4n) is 4.72. The summed E-state index contributed by atoms with van der Waals surface area (Å²) in [6, 6.07) is 12.2. The number of benzene rings is 1. The summed E-state index contributed by atoms with van der Waals surface area (Å²) >= 11 is 5.02. The minimum atomic E-state index is 0.0850. The van der Waals surface area contributed by atoms with Gasteiger partial charge in [0, 0.05) is 42.3 Å². The molecule has 0 atom stereocenters. The van der Waals surface area contributed by atoms with Gasteiger partial charge in [0.15, 0.2) is 0 Å². The average molecular weight is 521 g/mol. The average Bonchev–Trinajstić information content (AvgIpc) is 3.55. The molecule has 5 aromatic rings. The topological polar surface area (TPSA) is 92.3 Å². The number of piperidine rings is 1. The van der Waals surface area contributed by atoms with E-state index in [4.69, 9.17) is 10.7 Å². The van der Waals surface area contributed by atoms with E-state index in [1.54, 1.807) is 6.20 Å². The molecule has 1 amide bonds. The molecule has 0 radical (unpaired) electrons. The van der Waals surface area contributed by atoms with Crippen LogP contribution in [0.3, 0.4) is 0 Å². The van der Waals surface area contributed by atoms with Crippen molar-refractivity contribution in [2.45, 2.75) is 18.8 Å². The normalized spacial score (nSPS) is 15.0. The molecule has 1 saturated heterocycles. The minimum absolute atomic E-state index is 0.0850. The number of anilines is 1. The van der Waals surface area contributed by atoms with Crippen LogP contribution in [0, 0.1) is 0 Å². The van der Waals surface area contributed by atoms with E-state index < -0.39 is 0 Å². The van der Waals surface area contributed by atoms with Gasteiger partial charge in [-0.3, -0.25) is 9.20 Å². The lowest BCUT2D eigenvalue weighted by molar-refractivity contribution is 0.0710. The largest absolute Gasteiger partial charge is 0.382 e. The number of nitrogens with zero attached hydrogens (tertiary/aromatic N) is 4. The van der Waals surface area contributed by atoms with Gasteiger partial charge in [-0.25, -0.2) is 9.97 Å². The van der Waals surface area contributed by atoms with Crippen LogP contribution in [0.4, 0.5) is 5.82 Å². The smallest absolute Gasteiger partial charge is 0.255 e. The molecule has 6 rings (SSSR count). The number of H-pyrrole nitrogens is 1. The van der Waals surface area contributed by atoms with Crippen LogP contribution >= 0.6 is 27.3 Å². The molecule has 1 aliphatic rings. The first kappa shape index (κ1) is 20.4. The molecule has 0 aliphatic carbocycles. The number of amides is 1. The Labute approximate surface area is 202 Å². The van der Waals surface area contributed by atoms with Gasteiger partial charge in [-0.15, -0.1) is 11.3 Å². The van der Waals surface area contributed by atoms with Crippen LogP contribution in [0.15, 0.2) is 58.0 Å². The van der Waals surface area contributed by atoms with Crippen molar-refractivity contribution in [2.24, 2.45) is 0 Å². The molecule has 0 spiro atoms. The van der Waals surface area contributed by atoms with Gasteiger partial charge >= 0.3 is 0 Å². The Morgan fingerprint density at radius 3 is 2.79 bits per heavy atom. The molecular weight excluding hydrogens is 500 g/mol. The second-order valence-corrected chi connectivity index (χ2v) is 10.5. The van der Waals surface area contributed by atoms with Gasteiger partial charge < -0.3 is 15.6 Å². The van der Waals surface area contributed by atoms with Crippen LogP contribution in [-0.4, -0.2) is 43.2 Å². The number of nitrogens with two attached hydrogens (primary N) is 1. The predicted molar refractivity (Wildman–Crippen MR) is 135 cm³/mol. The number of halogens is 1. The van der Waals surface area contributed by atoms with Crippen LogP contribution < -0.4 is 5.73 Å². The van der Waals surface area contributed by atoms with Crippen LogP contribution in [0.5, 0.6) is 0 Å². The van der Waals surface area contributed by atoms with E-state index in [-0.39, 0.29) is 11.8 Å². The fourth-order valence-corrected chi connectivity index (χ4v) is 5.95. The van der Waals surface area contributed by atoms with E-state index in [9.17, 15) is 4.79 Å². The van der Waals surface area contributed by atoms with Crippen LogP contribution in [0.2, 0.25) is 0 Å². The Balaban J connectivity index is 1.34. The molecule has 3 N–H and O–H groups in total. The summed E-state index contributed by atoms with van der Waals surface area (Å²) in [7, 11) is 0. The number of nitrogens with one attached hydrogen (secondary N) is 1. The highest BCUT2D eigenvalue weighted by Crippen LogP contribution is 2.35. The van der Waals surface area contributed by atoms with Crippen molar-refractivity contribution < 1.29 is 4.79 Å². The monoisotopic (exact) mass is 520 g/mol. The lowest BCUT2D eigenvalue weighted by atomic mass is 9.95. The lowest BCUT2D eigenvalue weighted by Crippen LogP contribution is -2.38. The highest BCUT2D eigenvalue weighted by molar-refractivity contribution is 9.11. The number of likely N-dealkylation sites (tertiary alicyclic amines) is 1. The zero-order valence-electron chi connectivity index (χ0n) is 17.7. The number of para-hydroxylation sites is 1. The van der Waals surface area contributed by atoms with Crippen molar-refractivity contribution in [1.82, 2.24) is 24.3 Å². The number of carbonyl (C=O) groups excluding carboxylic acids is 1. The molecular formula is C24H21BrN6OS. The van der Waals surface area contributed by atoms with Gasteiger partial charge in [-0.05, 0) is 52.4 Å². The van der Waals surface area contributed by atoms with E-state index in [2.05, 4.69) is 48.5 Å². The first-order valence-electron chi connectivity index (χ1n) is 10.8. The Kier molecular flexibility index (Phi) is 4.95. The predicted octanol–water partition coefficient (Wildman–Crippen LogP) is 5.30. The Morgan fingerprint density at radius 2 is 2.03 bits per heavy atom. The van der Waals surface area contributed by atoms with Gasteiger partial charge in [0.25, 0.3) is 5.91 Å². The minimum Gasteiger partial charge on any atom is -0.382 e. The Hall–Kier alpha value is -3.17. The first-order valence-corrected chi connectivity index (χ1v) is 12.5. The zero-order valence-corrected chi connectivity index (χ0v) is 20.1. The molecule has 0 bridgehead atoms. The van der Waals surface area contributed by atoms with Crippen LogP contribution in [0.25, 0.3) is 27.8 Å². The molecule has 5 heterocycles. The fraction of sp³-hybridized carbons (Fsp3) is 0.208. The van der Waals surface area contributed by atoms with Crippen LogP contribution in [0.1, 0.15) is 34.9 Å². The number of fused-ring (bicyclic) bond motifs is 2. The van der Waals surface area contributed by atoms with E-state index in [1.807, 2.05) is 34.7 Å². The van der Waals surface area contributed by atoms with Gasteiger partial charge in [0.2, 0.25) is 0 Å². The Bertz CT molecular complexity index is 1460. The van der Waals surface area contributed by atoms with Crippen molar-refractivity contribution in [2.75, 3.05) is 18.8 Å². The highest BCUT2D eigenvalue weighted by atomic mass is 79.9. The molecule has 166 valence electrons. The third-order valence-electron chi connectivity index (χ3n) is 6.39. The van der Waals surface area contributed by atoms with Gasteiger partial charge in [-0.2, -0.15) is 0 Å². The van der Waals surface area contributed by atoms with Gasteiger partial charge in [-0.1, -0.05) is 18.2 Å². The molecule has 33 heavy (non-hydrogen) atoms. The maximum absolute atomic E-state index is 12.9. The van der Waals surface area contributed by atoms with Crippen molar-refractivity contribution in [3.63, 3.8) is 0 Å². The molecule has 0 unspecified atom stereocenters. The summed E-state index contributed by atoms with van der Waals surface area (Å²) in [5.74, 6) is 1.74. The molecule has 1 fully saturated rings. The quantitative estimate of drug-likeness (QED) is 0.337. The molecule has 9 heteroatoms. The lowest BCUT2D eigenvalue weighted by Gasteiger charge is -2.31. The second kappa shape index (κ2) is 8.00. The number of hydrogen-bond donors (Lipinski definition) is 2. The van der Waals surface area contributed by atoms with Crippen molar-refractivity contribution in [1.29, 1.82) is 0 Å². The number of aromatic amines is 1. The summed E-state index contributed by atoms with van der Waals surface area (Å²) in [5.41, 5.74) is 10.7. The number of thiophene rings is 1. The molecule has 7 nitrogen and oxygen atoms in total. The number of carbonyl (C=O) groups is 1. The van der Waals surface area contributed by atoms with Crippen molar-refractivity contribution in [3.8, 4) is 11.4 Å². The summed E-state index contributed by atoms with van der Waals surface area (Å²) in [6.07, 6.45) is 5.34. The Morgan fingerprint density at radius 1 is 1.21 bits per heavy atom. The molecule has 4 aromatic heterocycles. The van der Waals surface area contributed by atoms with Gasteiger partial charge in [0.1, 0.15) is 22.9 Å². The summed E-state index contributed by atoms with van der Waals surface area (Å²) in [5, 5.41) is 3.06. The van der Waals surface area contributed by atoms with E-state index >= 15 is 0 Å². The number of imidazole rings is 1.